The molecule has 0 radical (unpaired) electrons. The van der Waals surface area contributed by atoms with Crippen molar-refractivity contribution in [1.82, 2.24) is 0 Å². The highest BCUT2D eigenvalue weighted by Gasteiger charge is 2.20. The van der Waals surface area contributed by atoms with Crippen molar-refractivity contribution in [2.24, 2.45) is 0 Å². The van der Waals surface area contributed by atoms with Crippen LogP contribution in [0.5, 0.6) is 0 Å². The lowest BCUT2D eigenvalue weighted by atomic mass is 10.1. The number of rotatable bonds is 5. The molecule has 0 heterocycles. The topological polar surface area (TPSA) is 84.5 Å². The van der Waals surface area contributed by atoms with Crippen molar-refractivity contribution in [2.75, 3.05) is 10.6 Å². The van der Waals surface area contributed by atoms with Gasteiger partial charge >= 0.3 is 5.97 Å². The molecular formula is C19H20N2O4. The molecule has 6 heteroatoms. The lowest BCUT2D eigenvalue weighted by Gasteiger charge is -2.14. The van der Waals surface area contributed by atoms with E-state index in [1.165, 1.54) is 13.8 Å². The van der Waals surface area contributed by atoms with Crippen molar-refractivity contribution in [2.45, 2.75) is 26.9 Å². The molecule has 2 aromatic rings. The second-order valence-corrected chi connectivity index (χ2v) is 5.61. The minimum atomic E-state index is -0.942. The first-order valence-electron chi connectivity index (χ1n) is 7.82. The van der Waals surface area contributed by atoms with E-state index >= 15 is 0 Å². The zero-order valence-corrected chi connectivity index (χ0v) is 14.3. The summed E-state index contributed by atoms with van der Waals surface area (Å²) >= 11 is 0. The van der Waals surface area contributed by atoms with Crippen molar-refractivity contribution in [3.63, 3.8) is 0 Å². The van der Waals surface area contributed by atoms with Gasteiger partial charge in [0.2, 0.25) is 5.91 Å². The van der Waals surface area contributed by atoms with Gasteiger partial charge in [0, 0.05) is 18.3 Å². The van der Waals surface area contributed by atoms with Gasteiger partial charge in [0.25, 0.3) is 5.91 Å². The number of carbonyl (C=O) groups excluding carboxylic acids is 3. The van der Waals surface area contributed by atoms with Crippen molar-refractivity contribution >= 4 is 29.2 Å². The number of ether oxygens (including phenoxy) is 1. The molecule has 2 aromatic carbocycles. The van der Waals surface area contributed by atoms with Crippen LogP contribution in [0.15, 0.2) is 48.5 Å². The molecule has 130 valence electrons. The molecule has 0 aliphatic rings. The molecule has 0 aromatic heterocycles. The number of nitrogens with one attached hydrogen (secondary N) is 2. The Balaban J connectivity index is 1.95. The molecule has 0 aliphatic heterocycles. The molecule has 0 saturated heterocycles. The fourth-order valence-electron chi connectivity index (χ4n) is 2.16. The third-order valence-corrected chi connectivity index (χ3v) is 3.49. The molecule has 0 aliphatic carbocycles. The average Bonchev–Trinajstić information content (AvgIpc) is 2.56. The second kappa shape index (κ2) is 8.10. The van der Waals surface area contributed by atoms with Gasteiger partial charge in [-0.25, -0.2) is 4.79 Å². The van der Waals surface area contributed by atoms with E-state index < -0.39 is 18.0 Å². The first-order chi connectivity index (χ1) is 11.9. The van der Waals surface area contributed by atoms with Gasteiger partial charge in [0.15, 0.2) is 6.10 Å². The zero-order chi connectivity index (χ0) is 18.4. The van der Waals surface area contributed by atoms with Crippen LogP contribution >= 0.6 is 0 Å². The number of carbonyl (C=O) groups is 3. The van der Waals surface area contributed by atoms with Crippen LogP contribution in [0.3, 0.4) is 0 Å². The van der Waals surface area contributed by atoms with Gasteiger partial charge in [-0.1, -0.05) is 18.2 Å². The van der Waals surface area contributed by atoms with Crippen molar-refractivity contribution in [3.8, 4) is 0 Å². The SMILES string of the molecule is CC(=O)Nc1ccc(NC(=O)[C@@H](C)OC(=O)c2ccccc2C)cc1. The van der Waals surface area contributed by atoms with Crippen molar-refractivity contribution in [3.05, 3.63) is 59.7 Å². The highest BCUT2D eigenvalue weighted by atomic mass is 16.5. The molecule has 25 heavy (non-hydrogen) atoms. The molecule has 6 nitrogen and oxygen atoms in total. The quantitative estimate of drug-likeness (QED) is 0.819. The summed E-state index contributed by atoms with van der Waals surface area (Å²) in [6.45, 7) is 4.73. The van der Waals surface area contributed by atoms with Gasteiger partial charge in [0.05, 0.1) is 5.56 Å². The van der Waals surface area contributed by atoms with Gasteiger partial charge in [-0.15, -0.1) is 0 Å². The van der Waals surface area contributed by atoms with Crippen LogP contribution in [0.1, 0.15) is 29.8 Å². The summed E-state index contributed by atoms with van der Waals surface area (Å²) in [6.07, 6.45) is -0.942. The third kappa shape index (κ3) is 5.17. The molecule has 0 unspecified atom stereocenters. The molecule has 1 atom stereocenters. The number of hydrogen-bond donors (Lipinski definition) is 2. The Labute approximate surface area is 146 Å². The van der Waals surface area contributed by atoms with E-state index in [1.54, 1.807) is 49.4 Å². The minimum absolute atomic E-state index is 0.173. The molecule has 2 amide bonds. The van der Waals surface area contributed by atoms with Crippen LogP contribution in [-0.4, -0.2) is 23.9 Å². The van der Waals surface area contributed by atoms with E-state index in [4.69, 9.17) is 4.74 Å². The maximum absolute atomic E-state index is 12.2. The molecule has 0 fully saturated rings. The lowest BCUT2D eigenvalue weighted by molar-refractivity contribution is -0.123. The van der Waals surface area contributed by atoms with Crippen molar-refractivity contribution in [1.29, 1.82) is 0 Å². The number of aryl methyl sites for hydroxylation is 1. The van der Waals surface area contributed by atoms with Gasteiger partial charge < -0.3 is 15.4 Å². The van der Waals surface area contributed by atoms with Crippen LogP contribution < -0.4 is 10.6 Å². The standard InChI is InChI=1S/C19H20N2O4/c1-12-6-4-5-7-17(12)19(24)25-13(2)18(23)21-16-10-8-15(9-11-16)20-14(3)22/h4-11,13H,1-3H3,(H,20,22)(H,21,23)/t13-/m1/s1. The monoisotopic (exact) mass is 340 g/mol. The highest BCUT2D eigenvalue weighted by molar-refractivity contribution is 5.98. The highest BCUT2D eigenvalue weighted by Crippen LogP contribution is 2.15. The Bertz CT molecular complexity index is 784. The minimum Gasteiger partial charge on any atom is -0.449 e. The number of esters is 1. The normalized spacial score (nSPS) is 11.3. The van der Waals surface area contributed by atoms with Crippen LogP contribution in [0, 0.1) is 6.92 Å². The summed E-state index contributed by atoms with van der Waals surface area (Å²) < 4.78 is 5.22. The van der Waals surface area contributed by atoms with E-state index in [-0.39, 0.29) is 5.91 Å². The van der Waals surface area contributed by atoms with Crippen LogP contribution in [0.25, 0.3) is 0 Å². The Morgan fingerprint density at radius 1 is 0.920 bits per heavy atom. The number of benzene rings is 2. The lowest BCUT2D eigenvalue weighted by Crippen LogP contribution is -2.30. The largest absolute Gasteiger partial charge is 0.449 e. The summed E-state index contributed by atoms with van der Waals surface area (Å²) in [6, 6.07) is 13.7. The Morgan fingerprint density at radius 2 is 1.48 bits per heavy atom. The van der Waals surface area contributed by atoms with Crippen molar-refractivity contribution < 1.29 is 19.1 Å². The predicted octanol–water partition coefficient (Wildman–Crippen LogP) is 3.14. The van der Waals surface area contributed by atoms with Gasteiger partial charge in [0.1, 0.15) is 0 Å². The third-order valence-electron chi connectivity index (χ3n) is 3.49. The Kier molecular flexibility index (Phi) is 5.89. The van der Waals surface area contributed by atoms with Gasteiger partial charge in [-0.05, 0) is 49.7 Å². The first kappa shape index (κ1) is 18.2. The van der Waals surface area contributed by atoms with Gasteiger partial charge in [-0.2, -0.15) is 0 Å². The van der Waals surface area contributed by atoms with Crippen LogP contribution in [0.4, 0.5) is 11.4 Å². The maximum atomic E-state index is 12.2. The predicted molar refractivity (Wildman–Crippen MR) is 95.4 cm³/mol. The number of anilines is 2. The first-order valence-corrected chi connectivity index (χ1v) is 7.82. The van der Waals surface area contributed by atoms with E-state index in [0.717, 1.165) is 5.56 Å². The average molecular weight is 340 g/mol. The van der Waals surface area contributed by atoms with E-state index in [9.17, 15) is 14.4 Å². The molecule has 0 spiro atoms. The number of hydrogen-bond acceptors (Lipinski definition) is 4. The van der Waals surface area contributed by atoms with Crippen LogP contribution in [0.2, 0.25) is 0 Å². The second-order valence-electron chi connectivity index (χ2n) is 5.61. The Morgan fingerprint density at radius 3 is 2.04 bits per heavy atom. The fourth-order valence-corrected chi connectivity index (χ4v) is 2.16. The van der Waals surface area contributed by atoms with E-state index in [1.807, 2.05) is 6.07 Å². The Hall–Kier alpha value is -3.15. The molecule has 2 rings (SSSR count). The molecular weight excluding hydrogens is 320 g/mol. The summed E-state index contributed by atoms with van der Waals surface area (Å²) in [7, 11) is 0. The summed E-state index contributed by atoms with van der Waals surface area (Å²) in [5, 5.41) is 5.30. The molecule has 0 bridgehead atoms. The van der Waals surface area contributed by atoms with E-state index in [2.05, 4.69) is 10.6 Å². The molecule has 2 N–H and O–H groups in total. The maximum Gasteiger partial charge on any atom is 0.339 e. The number of amides is 2. The summed E-state index contributed by atoms with van der Waals surface area (Å²) in [5.41, 5.74) is 2.39. The van der Waals surface area contributed by atoms with E-state index in [0.29, 0.717) is 16.9 Å². The smallest absolute Gasteiger partial charge is 0.339 e. The van der Waals surface area contributed by atoms with Gasteiger partial charge in [-0.3, -0.25) is 9.59 Å². The fraction of sp³-hybridized carbons (Fsp3) is 0.211. The molecule has 0 saturated carbocycles. The van der Waals surface area contributed by atoms with Crippen LogP contribution in [-0.2, 0) is 14.3 Å². The summed E-state index contributed by atoms with van der Waals surface area (Å²) in [5.74, 6) is -1.15. The summed E-state index contributed by atoms with van der Waals surface area (Å²) in [4.78, 5) is 35.3. The zero-order valence-electron chi connectivity index (χ0n) is 14.3.